The minimum Gasteiger partial charge on any atom is -0.462 e. The molecule has 0 fully saturated rings. The summed E-state index contributed by atoms with van der Waals surface area (Å²) in [5.74, 6) is -0.870. The minimum atomic E-state index is -0.770. The summed E-state index contributed by atoms with van der Waals surface area (Å²) in [6.07, 6.45) is 55.8. The lowest BCUT2D eigenvalue weighted by atomic mass is 10.0. The van der Waals surface area contributed by atoms with Gasteiger partial charge in [0.15, 0.2) is 6.10 Å². The average molecular weight is 845 g/mol. The predicted molar refractivity (Wildman–Crippen MR) is 256 cm³/mol. The molecular weight excluding hydrogens is 745 g/mol. The largest absolute Gasteiger partial charge is 0.462 e. The molecule has 1 atom stereocenters. The Morgan fingerprint density at radius 3 is 0.950 bits per heavy atom. The zero-order valence-corrected chi connectivity index (χ0v) is 40.2. The van der Waals surface area contributed by atoms with Crippen LogP contribution in [-0.2, 0) is 28.6 Å². The van der Waals surface area contributed by atoms with E-state index in [9.17, 15) is 14.4 Å². The van der Waals surface area contributed by atoms with E-state index in [4.69, 9.17) is 14.2 Å². The highest BCUT2D eigenvalue weighted by Crippen LogP contribution is 2.16. The van der Waals surface area contributed by atoms with Gasteiger partial charge in [-0.3, -0.25) is 14.4 Å². The molecule has 0 bridgehead atoms. The van der Waals surface area contributed by atoms with E-state index in [1.807, 2.05) is 0 Å². The average Bonchev–Trinajstić information content (AvgIpc) is 3.24. The van der Waals surface area contributed by atoms with Crippen LogP contribution < -0.4 is 0 Å². The van der Waals surface area contributed by atoms with Crippen LogP contribution in [-0.4, -0.2) is 37.2 Å². The molecule has 0 radical (unpaired) electrons. The lowest BCUT2D eigenvalue weighted by molar-refractivity contribution is -0.167. The molecule has 352 valence electrons. The smallest absolute Gasteiger partial charge is 0.306 e. The Kier molecular flexibility index (Phi) is 47.8. The molecule has 0 amide bonds. The van der Waals surface area contributed by atoms with Crippen LogP contribution in [0.4, 0.5) is 0 Å². The molecule has 0 N–H and O–H groups in total. The van der Waals surface area contributed by atoms with E-state index in [1.54, 1.807) is 0 Å². The number of hydrogen-bond donors (Lipinski definition) is 0. The molecule has 0 aromatic carbocycles. The second-order valence-corrected chi connectivity index (χ2v) is 17.8. The van der Waals surface area contributed by atoms with Crippen molar-refractivity contribution in [1.82, 2.24) is 0 Å². The Morgan fingerprint density at radius 2 is 0.600 bits per heavy atom. The maximum atomic E-state index is 12.8. The summed E-state index contributed by atoms with van der Waals surface area (Å²) >= 11 is 0. The first-order valence-corrected chi connectivity index (χ1v) is 26.3. The second-order valence-electron chi connectivity index (χ2n) is 17.8. The molecule has 0 aliphatic heterocycles. The van der Waals surface area contributed by atoms with Crippen molar-refractivity contribution >= 4 is 17.9 Å². The van der Waals surface area contributed by atoms with Crippen molar-refractivity contribution in [2.24, 2.45) is 0 Å². The van der Waals surface area contributed by atoms with Gasteiger partial charge < -0.3 is 14.2 Å². The molecule has 6 nitrogen and oxygen atoms in total. The lowest BCUT2D eigenvalue weighted by Gasteiger charge is -2.18. The first-order valence-electron chi connectivity index (χ1n) is 26.3. The van der Waals surface area contributed by atoms with Crippen molar-refractivity contribution in [3.63, 3.8) is 0 Å². The molecule has 0 saturated carbocycles. The summed E-state index contributed by atoms with van der Waals surface area (Å²) in [7, 11) is 0. The summed E-state index contributed by atoms with van der Waals surface area (Å²) in [6.45, 7) is 6.63. The highest BCUT2D eigenvalue weighted by molar-refractivity contribution is 5.71. The normalized spacial score (nSPS) is 12.1. The monoisotopic (exact) mass is 845 g/mol. The Morgan fingerprint density at radius 1 is 0.333 bits per heavy atom. The Hall–Kier alpha value is -2.11. The Bertz CT molecular complexity index is 973. The van der Waals surface area contributed by atoms with E-state index in [2.05, 4.69) is 45.1 Å². The van der Waals surface area contributed by atoms with E-state index in [0.717, 1.165) is 77.0 Å². The number of hydrogen-bond acceptors (Lipinski definition) is 6. The highest BCUT2D eigenvalue weighted by Gasteiger charge is 2.19. The van der Waals surface area contributed by atoms with Crippen LogP contribution in [0.2, 0.25) is 0 Å². The maximum absolute atomic E-state index is 12.8. The van der Waals surface area contributed by atoms with Crippen molar-refractivity contribution < 1.29 is 28.6 Å². The standard InChI is InChI=1S/C54H100O6/c1-4-7-10-13-16-19-22-25-27-29-32-35-38-41-44-47-53(56)59-50-51(49-58-52(55)46-43-40-37-34-31-24-21-18-15-12-9-6-3)60-54(57)48-45-42-39-36-33-30-28-26-23-20-17-14-11-8-5-2/h16,19,25,27,51H,4-15,17-18,20-24,26,28-50H2,1-3H3. The van der Waals surface area contributed by atoms with Crippen molar-refractivity contribution in [3.8, 4) is 0 Å². The molecule has 0 aliphatic rings. The molecule has 60 heavy (non-hydrogen) atoms. The minimum absolute atomic E-state index is 0.0708. The summed E-state index contributed by atoms with van der Waals surface area (Å²) in [6, 6.07) is 0. The number of carbonyl (C=O) groups excluding carboxylic acids is 3. The van der Waals surface area contributed by atoms with E-state index < -0.39 is 6.10 Å². The van der Waals surface area contributed by atoms with Crippen molar-refractivity contribution in [3.05, 3.63) is 24.3 Å². The van der Waals surface area contributed by atoms with Gasteiger partial charge in [-0.05, 0) is 51.4 Å². The second kappa shape index (κ2) is 49.5. The van der Waals surface area contributed by atoms with Crippen molar-refractivity contribution in [1.29, 1.82) is 0 Å². The molecule has 0 heterocycles. The Balaban J connectivity index is 4.35. The van der Waals surface area contributed by atoms with Crippen molar-refractivity contribution in [2.75, 3.05) is 13.2 Å². The summed E-state index contributed by atoms with van der Waals surface area (Å²) in [4.78, 5) is 38.0. The van der Waals surface area contributed by atoms with Gasteiger partial charge in [-0.1, -0.05) is 238 Å². The van der Waals surface area contributed by atoms with E-state index >= 15 is 0 Å². The van der Waals surface area contributed by atoms with E-state index in [0.29, 0.717) is 19.3 Å². The number of rotatable bonds is 48. The van der Waals surface area contributed by atoms with Gasteiger partial charge >= 0.3 is 17.9 Å². The molecule has 0 aromatic rings. The first-order chi connectivity index (χ1) is 29.5. The third kappa shape index (κ3) is 46.9. The quantitative estimate of drug-likeness (QED) is 0.0263. The predicted octanol–water partition coefficient (Wildman–Crippen LogP) is 17.2. The maximum Gasteiger partial charge on any atom is 0.306 e. The van der Waals surface area contributed by atoms with Gasteiger partial charge in [-0.2, -0.15) is 0 Å². The van der Waals surface area contributed by atoms with Crippen LogP contribution in [0.1, 0.15) is 284 Å². The van der Waals surface area contributed by atoms with Gasteiger partial charge in [-0.15, -0.1) is 0 Å². The molecule has 0 aromatic heterocycles. The summed E-state index contributed by atoms with van der Waals surface area (Å²) in [5.41, 5.74) is 0. The highest BCUT2D eigenvalue weighted by atomic mass is 16.6. The van der Waals surface area contributed by atoms with Gasteiger partial charge in [0, 0.05) is 19.3 Å². The number of allylic oxidation sites excluding steroid dienone is 4. The molecule has 0 spiro atoms. The summed E-state index contributed by atoms with van der Waals surface area (Å²) in [5, 5.41) is 0. The van der Waals surface area contributed by atoms with Crippen LogP contribution in [0.15, 0.2) is 24.3 Å². The number of esters is 3. The number of carbonyl (C=O) groups is 3. The molecular formula is C54H100O6. The molecule has 0 rings (SSSR count). The lowest BCUT2D eigenvalue weighted by Crippen LogP contribution is -2.30. The van der Waals surface area contributed by atoms with Gasteiger partial charge in [0.1, 0.15) is 13.2 Å². The van der Waals surface area contributed by atoms with Gasteiger partial charge in [0.05, 0.1) is 0 Å². The van der Waals surface area contributed by atoms with Crippen molar-refractivity contribution in [2.45, 2.75) is 290 Å². The van der Waals surface area contributed by atoms with Crippen LogP contribution >= 0.6 is 0 Å². The summed E-state index contributed by atoms with van der Waals surface area (Å²) < 4.78 is 16.8. The SMILES string of the molecule is CCCCCC=CCC=CCCCCCCCC(=O)OCC(COC(=O)CCCCCCCCCCCCCC)OC(=O)CCCCCCCCCCCCCCCCC. The van der Waals surface area contributed by atoms with Gasteiger partial charge in [-0.25, -0.2) is 0 Å². The fourth-order valence-electron chi connectivity index (χ4n) is 7.71. The zero-order valence-electron chi connectivity index (χ0n) is 40.2. The van der Waals surface area contributed by atoms with Crippen LogP contribution in [0.25, 0.3) is 0 Å². The topological polar surface area (TPSA) is 78.9 Å². The fraction of sp³-hybridized carbons (Fsp3) is 0.870. The third-order valence-electron chi connectivity index (χ3n) is 11.7. The number of ether oxygens (including phenoxy) is 3. The molecule has 6 heteroatoms. The van der Waals surface area contributed by atoms with Gasteiger partial charge in [0.2, 0.25) is 0 Å². The van der Waals surface area contributed by atoms with Crippen LogP contribution in [0.3, 0.4) is 0 Å². The third-order valence-corrected chi connectivity index (χ3v) is 11.7. The fourth-order valence-corrected chi connectivity index (χ4v) is 7.71. The molecule has 1 unspecified atom stereocenters. The zero-order chi connectivity index (χ0) is 43.7. The van der Waals surface area contributed by atoms with E-state index in [1.165, 1.54) is 167 Å². The Labute approximate surface area is 373 Å². The van der Waals surface area contributed by atoms with Gasteiger partial charge in [0.25, 0.3) is 0 Å². The van der Waals surface area contributed by atoms with E-state index in [-0.39, 0.29) is 31.1 Å². The number of unbranched alkanes of at least 4 members (excludes halogenated alkanes) is 33. The molecule has 0 saturated heterocycles. The van der Waals surface area contributed by atoms with Crippen LogP contribution in [0.5, 0.6) is 0 Å². The molecule has 0 aliphatic carbocycles. The van der Waals surface area contributed by atoms with Crippen LogP contribution in [0, 0.1) is 0 Å². The first kappa shape index (κ1) is 57.9.